The molecule has 0 saturated heterocycles. The van der Waals surface area contributed by atoms with Crippen LogP contribution in [0, 0.1) is 0 Å². The molecule has 0 saturated carbocycles. The van der Waals surface area contributed by atoms with Crippen molar-refractivity contribution < 1.29 is 9.14 Å². The Morgan fingerprint density at radius 2 is 1.00 bits per heavy atom. The van der Waals surface area contributed by atoms with Gasteiger partial charge in [-0.25, -0.2) is 0 Å². The number of quaternary nitrogens is 1. The predicted octanol–water partition coefficient (Wildman–Crippen LogP) is 0.455. The third kappa shape index (κ3) is 2500. The van der Waals surface area contributed by atoms with Gasteiger partial charge < -0.3 is 4.48 Å². The Morgan fingerprint density at radius 3 is 1.00 bits per heavy atom. The highest BCUT2D eigenvalue weighted by Gasteiger charge is 1.88. The number of hydrogen-bond acceptors (Lipinski definition) is 1. The van der Waals surface area contributed by atoms with Gasteiger partial charge in [0.1, 0.15) is 0 Å². The molecule has 0 aliphatic carbocycles. The monoisotopic (exact) mass is 126 g/mol. The van der Waals surface area contributed by atoms with Crippen molar-refractivity contribution in [3.8, 4) is 0 Å². The molecule has 0 heterocycles. The van der Waals surface area contributed by atoms with Crippen LogP contribution in [0.2, 0.25) is 0 Å². The zero-order valence-electron chi connectivity index (χ0n) is 5.27. The molecule has 0 aliphatic heterocycles. The first-order valence-corrected chi connectivity index (χ1v) is 2.30. The minimum absolute atomic E-state index is 1.00. The van der Waals surface area contributed by atoms with Crippen LogP contribution in [0.5, 0.6) is 0 Å². The van der Waals surface area contributed by atoms with Gasteiger partial charge in [0.15, 0.2) is 0 Å². The zero-order chi connectivity index (χ0) is 6.50. The van der Waals surface area contributed by atoms with Crippen LogP contribution in [-0.4, -0.2) is 37.3 Å². The van der Waals surface area contributed by atoms with E-state index in [0.717, 1.165) is 4.48 Å². The Balaban J connectivity index is 0. The van der Waals surface area contributed by atoms with Crippen molar-refractivity contribution in [1.82, 2.24) is 0 Å². The second-order valence-corrected chi connectivity index (χ2v) is 2.68. The molecule has 0 atom stereocenters. The van der Waals surface area contributed by atoms with Crippen LogP contribution < -0.4 is 0 Å². The lowest BCUT2D eigenvalue weighted by Gasteiger charge is -2.14. The van der Waals surface area contributed by atoms with Crippen molar-refractivity contribution >= 4 is 11.9 Å². The summed E-state index contributed by atoms with van der Waals surface area (Å²) < 4.78 is 7.47. The van der Waals surface area contributed by atoms with Gasteiger partial charge in [-0.15, -0.1) is 0 Å². The van der Waals surface area contributed by atoms with E-state index in [1.165, 1.54) is 0 Å². The Morgan fingerprint density at radius 1 is 1.00 bits per heavy atom. The van der Waals surface area contributed by atoms with Gasteiger partial charge in [0.25, 0.3) is 0 Å². The average Bonchev–Trinajstić information content (AvgIpc) is 1.36. The minimum Gasteiger partial charge on any atom is -0.333 e. The molecule has 3 heteroatoms. The van der Waals surface area contributed by atoms with Crippen LogP contribution in [-0.2, 0) is 0 Å². The van der Waals surface area contributed by atoms with Gasteiger partial charge >= 0.3 is 0 Å². The molecule has 0 aliphatic rings. The van der Waals surface area contributed by atoms with Gasteiger partial charge in [-0.2, -0.15) is 0 Å². The summed E-state index contributed by atoms with van der Waals surface area (Å²) in [5.41, 5.74) is 0. The molecule has 0 bridgehead atoms. The van der Waals surface area contributed by atoms with Crippen molar-refractivity contribution in [2.45, 2.75) is 0 Å². The molecule has 0 rings (SSSR count). The summed E-state index contributed by atoms with van der Waals surface area (Å²) in [6.45, 7) is 0. The fraction of sp³-hybridized carbons (Fsp3) is 1.00. The average molecular weight is 127 g/mol. The van der Waals surface area contributed by atoms with Crippen molar-refractivity contribution in [3.63, 3.8) is 0 Å². The maximum Gasteiger partial charge on any atom is 0.0675 e. The standard InChI is InChI=1S/C4H12N.ClHO/c1-5(2,3)4;1-2/h1-4H3;2H/q+1;. The van der Waals surface area contributed by atoms with Gasteiger partial charge in [0.05, 0.1) is 40.1 Å². The van der Waals surface area contributed by atoms with E-state index in [4.69, 9.17) is 4.66 Å². The lowest BCUT2D eigenvalue weighted by molar-refractivity contribution is -0.849. The molecule has 0 spiro atoms. The van der Waals surface area contributed by atoms with E-state index >= 15 is 0 Å². The summed E-state index contributed by atoms with van der Waals surface area (Å²) in [4.78, 5) is 0. The SMILES string of the molecule is C[N+](C)(C)C.OCl. The number of halogens is 1. The first kappa shape index (κ1) is 10.2. The van der Waals surface area contributed by atoms with Crippen molar-refractivity contribution in [1.29, 1.82) is 0 Å². The van der Waals surface area contributed by atoms with E-state index in [0.29, 0.717) is 0 Å². The molecule has 46 valence electrons. The quantitative estimate of drug-likeness (QED) is 0.468. The highest BCUT2D eigenvalue weighted by Crippen LogP contribution is 1.73. The van der Waals surface area contributed by atoms with Crippen LogP contribution in [0.3, 0.4) is 0 Å². The molecule has 1 N–H and O–H groups in total. The molecule has 0 radical (unpaired) electrons. The maximum absolute atomic E-state index is 6.47. The highest BCUT2D eigenvalue weighted by molar-refractivity contribution is 6.04. The fourth-order valence-corrected chi connectivity index (χ4v) is 0. The van der Waals surface area contributed by atoms with Crippen LogP contribution >= 0.6 is 11.9 Å². The summed E-state index contributed by atoms with van der Waals surface area (Å²) in [5, 5.41) is 0. The summed E-state index contributed by atoms with van der Waals surface area (Å²) in [5.74, 6) is 0. The first-order valence-electron chi connectivity index (χ1n) is 1.96. The molecule has 0 fully saturated rings. The van der Waals surface area contributed by atoms with Crippen LogP contribution in [0.15, 0.2) is 0 Å². The van der Waals surface area contributed by atoms with Gasteiger partial charge in [0, 0.05) is 0 Å². The predicted molar refractivity (Wildman–Crippen MR) is 32.0 cm³/mol. The van der Waals surface area contributed by atoms with E-state index in [2.05, 4.69) is 40.1 Å². The van der Waals surface area contributed by atoms with Gasteiger partial charge in [-0.1, -0.05) is 0 Å². The van der Waals surface area contributed by atoms with Crippen molar-refractivity contribution in [2.24, 2.45) is 0 Å². The smallest absolute Gasteiger partial charge is 0.0675 e. The second kappa shape index (κ2) is 4.37. The molecule has 0 unspecified atom stereocenters. The van der Waals surface area contributed by atoms with Crippen molar-refractivity contribution in [3.05, 3.63) is 0 Å². The van der Waals surface area contributed by atoms with Gasteiger partial charge in [-0.3, -0.25) is 4.66 Å². The van der Waals surface area contributed by atoms with Crippen molar-refractivity contribution in [2.75, 3.05) is 28.2 Å². The van der Waals surface area contributed by atoms with E-state index < -0.39 is 0 Å². The normalized spacial score (nSPS) is 9.43. The Bertz CT molecular complexity index is 27.2. The Kier molecular flexibility index (Phi) is 6.40. The molecule has 0 aromatic heterocycles. The summed E-state index contributed by atoms with van der Waals surface area (Å²) >= 11 is 3.64. The molecule has 0 amide bonds. The zero-order valence-corrected chi connectivity index (χ0v) is 6.03. The number of hydrogen-bond donors (Lipinski definition) is 1. The van der Waals surface area contributed by atoms with Crippen LogP contribution in [0.25, 0.3) is 0 Å². The van der Waals surface area contributed by atoms with Crippen LogP contribution in [0.4, 0.5) is 0 Å². The molecule has 7 heavy (non-hydrogen) atoms. The topological polar surface area (TPSA) is 20.2 Å². The van der Waals surface area contributed by atoms with E-state index in [1.807, 2.05) is 0 Å². The second-order valence-electron chi connectivity index (χ2n) is 2.68. The lowest BCUT2D eigenvalue weighted by atomic mass is 10.8. The third-order valence-corrected chi connectivity index (χ3v) is 0. The Labute approximate surface area is 50.1 Å². The third-order valence-electron chi connectivity index (χ3n) is 0. The number of rotatable bonds is 0. The Hall–Kier alpha value is 0.210. The number of nitrogens with zero attached hydrogens (tertiary/aromatic N) is 1. The largest absolute Gasteiger partial charge is 0.333 e. The molecule has 0 aromatic carbocycles. The van der Waals surface area contributed by atoms with Gasteiger partial charge in [0.2, 0.25) is 0 Å². The summed E-state index contributed by atoms with van der Waals surface area (Å²) in [7, 11) is 8.50. The molecular weight excluding hydrogens is 114 g/mol. The van der Waals surface area contributed by atoms with Crippen LogP contribution in [0.1, 0.15) is 0 Å². The molecule has 2 nitrogen and oxygen atoms in total. The summed E-state index contributed by atoms with van der Waals surface area (Å²) in [6, 6.07) is 0. The maximum atomic E-state index is 6.47. The van der Waals surface area contributed by atoms with Gasteiger partial charge in [-0.05, 0) is 0 Å². The fourth-order valence-electron chi connectivity index (χ4n) is 0. The molecular formula is C4H13ClNO+. The molecule has 0 aromatic rings. The van der Waals surface area contributed by atoms with E-state index in [9.17, 15) is 0 Å². The minimum atomic E-state index is 1.00. The van der Waals surface area contributed by atoms with E-state index in [-0.39, 0.29) is 0 Å². The lowest BCUT2D eigenvalue weighted by Crippen LogP contribution is -2.27. The first-order chi connectivity index (χ1) is 3.00. The summed E-state index contributed by atoms with van der Waals surface area (Å²) in [6.07, 6.45) is 0. The highest BCUT2D eigenvalue weighted by atomic mass is 35.5. The van der Waals surface area contributed by atoms with E-state index in [1.54, 1.807) is 0 Å².